The average Bonchev–Trinajstić information content (AvgIpc) is 3.21. The molecule has 1 N–H and O–H groups in total. The minimum atomic E-state index is -0.940. The largest absolute Gasteiger partial charge is 0.368 e. The van der Waals surface area contributed by atoms with Gasteiger partial charge < -0.3 is 15.1 Å². The predicted octanol–water partition coefficient (Wildman–Crippen LogP) is 1.76. The van der Waals surface area contributed by atoms with E-state index < -0.39 is 17.7 Å². The molecule has 1 saturated heterocycles. The second-order valence-electron chi connectivity index (χ2n) is 6.99. The Labute approximate surface area is 177 Å². The Bertz CT molecular complexity index is 993. The lowest BCUT2D eigenvalue weighted by Crippen LogP contribution is -2.49. The third-order valence-corrected chi connectivity index (χ3v) is 5.81. The van der Waals surface area contributed by atoms with Gasteiger partial charge in [0.05, 0.1) is 12.1 Å². The Morgan fingerprint density at radius 3 is 2.63 bits per heavy atom. The highest BCUT2D eigenvalue weighted by molar-refractivity contribution is 7.14. The summed E-state index contributed by atoms with van der Waals surface area (Å²) in [5.74, 6) is -1.90. The van der Waals surface area contributed by atoms with Gasteiger partial charge in [0.1, 0.15) is 5.92 Å². The lowest BCUT2D eigenvalue weighted by Gasteiger charge is -2.36. The Morgan fingerprint density at radius 1 is 1.13 bits per heavy atom. The summed E-state index contributed by atoms with van der Waals surface area (Å²) in [6.45, 7) is 2.91. The molecule has 0 saturated carbocycles. The number of benzene rings is 1. The summed E-state index contributed by atoms with van der Waals surface area (Å²) in [6, 6.07) is 10.2. The van der Waals surface area contributed by atoms with Crippen LogP contribution >= 0.6 is 11.3 Å². The topological polar surface area (TPSA) is 95.0 Å². The first-order valence-corrected chi connectivity index (χ1v) is 10.6. The fourth-order valence-electron chi connectivity index (χ4n) is 3.39. The molecule has 3 amide bonds. The van der Waals surface area contributed by atoms with Crippen molar-refractivity contribution in [1.82, 2.24) is 9.88 Å². The monoisotopic (exact) mass is 423 g/mol. The number of hydrogen-bond acceptors (Lipinski definition) is 6. The van der Waals surface area contributed by atoms with Gasteiger partial charge in [-0.05, 0) is 18.2 Å². The molecule has 0 bridgehead atoms. The number of anilines is 2. The Balaban J connectivity index is 1.28. The number of nitrogens with one attached hydrogen (secondary N) is 1. The zero-order valence-electron chi connectivity index (χ0n) is 16.2. The number of allylic oxidation sites excluding steroid dienone is 1. The van der Waals surface area contributed by atoms with Gasteiger partial charge in [0.25, 0.3) is 5.91 Å². The third-order valence-electron chi connectivity index (χ3n) is 5.01. The van der Waals surface area contributed by atoms with Gasteiger partial charge in [0.15, 0.2) is 5.13 Å². The Morgan fingerprint density at radius 2 is 1.90 bits per heavy atom. The van der Waals surface area contributed by atoms with Crippen LogP contribution in [-0.4, -0.2) is 60.0 Å². The number of nitrogens with zero attached hydrogens (tertiary/aromatic N) is 4. The number of piperazine rings is 1. The maximum atomic E-state index is 12.6. The lowest BCUT2D eigenvalue weighted by molar-refractivity contribution is -0.131. The molecule has 2 aromatic rings. The Hall–Kier alpha value is -3.33. The summed E-state index contributed by atoms with van der Waals surface area (Å²) in [7, 11) is 0. The molecule has 1 fully saturated rings. The molecule has 30 heavy (non-hydrogen) atoms. The number of carbonyl (C=O) groups is 3. The van der Waals surface area contributed by atoms with Crippen LogP contribution in [0.25, 0.3) is 0 Å². The van der Waals surface area contributed by atoms with Crippen LogP contribution < -0.4 is 10.2 Å². The van der Waals surface area contributed by atoms with E-state index in [0.717, 1.165) is 13.1 Å². The van der Waals surface area contributed by atoms with Gasteiger partial charge in [0.2, 0.25) is 11.8 Å². The second kappa shape index (κ2) is 9.00. The lowest BCUT2D eigenvalue weighted by atomic mass is 10.1. The first-order valence-electron chi connectivity index (χ1n) is 9.68. The Kier molecular flexibility index (Phi) is 5.99. The van der Waals surface area contributed by atoms with Gasteiger partial charge in [-0.15, -0.1) is 11.3 Å². The SMILES string of the molecule is O=C1N=CC=CC1C(=O)Nc1nc(CC(=O)N2CCN(c3ccccc3)CC2)cs1. The van der Waals surface area contributed by atoms with Crippen LogP contribution in [0.1, 0.15) is 5.69 Å². The van der Waals surface area contributed by atoms with Crippen LogP contribution in [0.2, 0.25) is 0 Å². The molecule has 1 aromatic heterocycles. The van der Waals surface area contributed by atoms with E-state index in [1.54, 1.807) is 11.5 Å². The molecule has 2 aliphatic heterocycles. The molecule has 8 nitrogen and oxygen atoms in total. The second-order valence-corrected chi connectivity index (χ2v) is 7.85. The van der Waals surface area contributed by atoms with E-state index >= 15 is 0 Å². The summed E-state index contributed by atoms with van der Waals surface area (Å²) in [5, 5.41) is 4.75. The summed E-state index contributed by atoms with van der Waals surface area (Å²) in [5.41, 5.74) is 1.77. The third kappa shape index (κ3) is 4.62. The van der Waals surface area contributed by atoms with Crippen LogP contribution in [-0.2, 0) is 20.8 Å². The molecule has 154 valence electrons. The quantitative estimate of drug-likeness (QED) is 0.740. The maximum absolute atomic E-state index is 12.6. The van der Waals surface area contributed by atoms with Crippen molar-refractivity contribution in [1.29, 1.82) is 0 Å². The van der Waals surface area contributed by atoms with Crippen molar-refractivity contribution < 1.29 is 14.4 Å². The number of dihydropyridines is 1. The predicted molar refractivity (Wildman–Crippen MR) is 116 cm³/mol. The van der Waals surface area contributed by atoms with Gasteiger partial charge in [0, 0.05) is 43.5 Å². The highest BCUT2D eigenvalue weighted by Gasteiger charge is 2.26. The number of aromatic nitrogens is 1. The van der Waals surface area contributed by atoms with E-state index in [1.165, 1.54) is 29.3 Å². The van der Waals surface area contributed by atoms with E-state index in [1.807, 2.05) is 23.1 Å². The molecular formula is C21H21N5O3S. The normalized spacial score (nSPS) is 18.5. The van der Waals surface area contributed by atoms with E-state index in [-0.39, 0.29) is 12.3 Å². The number of amides is 3. The molecule has 4 rings (SSSR count). The molecule has 1 aromatic carbocycles. The van der Waals surface area contributed by atoms with E-state index in [2.05, 4.69) is 32.3 Å². The van der Waals surface area contributed by atoms with Crippen molar-refractivity contribution in [3.8, 4) is 0 Å². The highest BCUT2D eigenvalue weighted by atomic mass is 32.1. The smallest absolute Gasteiger partial charge is 0.262 e. The molecule has 2 aliphatic rings. The van der Waals surface area contributed by atoms with Crippen LogP contribution in [0.15, 0.2) is 52.9 Å². The number of hydrogen-bond donors (Lipinski definition) is 1. The fourth-order valence-corrected chi connectivity index (χ4v) is 4.10. The summed E-state index contributed by atoms with van der Waals surface area (Å²) in [4.78, 5) is 48.6. The van der Waals surface area contributed by atoms with Crippen LogP contribution in [0.4, 0.5) is 10.8 Å². The first kappa shape index (κ1) is 20.0. The molecular weight excluding hydrogens is 402 g/mol. The van der Waals surface area contributed by atoms with Crippen molar-refractivity contribution in [3.63, 3.8) is 0 Å². The zero-order valence-corrected chi connectivity index (χ0v) is 17.0. The highest BCUT2D eigenvalue weighted by Crippen LogP contribution is 2.20. The average molecular weight is 423 g/mol. The van der Waals surface area contributed by atoms with Crippen molar-refractivity contribution in [2.45, 2.75) is 6.42 Å². The van der Waals surface area contributed by atoms with Gasteiger partial charge in [-0.3, -0.25) is 14.4 Å². The molecule has 1 unspecified atom stereocenters. The summed E-state index contributed by atoms with van der Waals surface area (Å²) < 4.78 is 0. The van der Waals surface area contributed by atoms with Crippen LogP contribution in [0.3, 0.4) is 0 Å². The molecule has 0 radical (unpaired) electrons. The van der Waals surface area contributed by atoms with E-state index in [4.69, 9.17) is 0 Å². The summed E-state index contributed by atoms with van der Waals surface area (Å²) >= 11 is 1.23. The van der Waals surface area contributed by atoms with Crippen molar-refractivity contribution in [2.75, 3.05) is 36.4 Å². The number of carbonyl (C=O) groups excluding carboxylic acids is 3. The number of thiazole rings is 1. The van der Waals surface area contributed by atoms with Crippen molar-refractivity contribution in [2.24, 2.45) is 10.9 Å². The van der Waals surface area contributed by atoms with Gasteiger partial charge >= 0.3 is 0 Å². The molecule has 0 spiro atoms. The zero-order chi connectivity index (χ0) is 20.9. The van der Waals surface area contributed by atoms with Crippen LogP contribution in [0, 0.1) is 5.92 Å². The standard InChI is InChI=1S/C21H21N5O3S/c27-18(26-11-9-25(10-12-26)16-5-2-1-3-6-16)13-15-14-30-21(23-15)24-20(29)17-7-4-8-22-19(17)28/h1-8,14,17H,9-13H2,(H,23,24,29). The van der Waals surface area contributed by atoms with Gasteiger partial charge in [-0.2, -0.15) is 0 Å². The molecule has 0 aliphatic carbocycles. The van der Waals surface area contributed by atoms with E-state index in [9.17, 15) is 14.4 Å². The van der Waals surface area contributed by atoms with Crippen LogP contribution in [0.5, 0.6) is 0 Å². The molecule has 9 heteroatoms. The maximum Gasteiger partial charge on any atom is 0.262 e. The molecule has 1 atom stereocenters. The van der Waals surface area contributed by atoms with Gasteiger partial charge in [-0.1, -0.05) is 24.3 Å². The number of rotatable bonds is 5. The number of aliphatic imine (C=N–C) groups is 1. The van der Waals surface area contributed by atoms with E-state index in [0.29, 0.717) is 23.9 Å². The minimum Gasteiger partial charge on any atom is -0.368 e. The fraction of sp³-hybridized carbons (Fsp3) is 0.286. The minimum absolute atomic E-state index is 0.0191. The van der Waals surface area contributed by atoms with Crippen molar-refractivity contribution in [3.05, 3.63) is 53.6 Å². The first-order chi connectivity index (χ1) is 14.6. The summed E-state index contributed by atoms with van der Waals surface area (Å²) in [6.07, 6.45) is 4.61. The molecule has 3 heterocycles. The number of para-hydroxylation sites is 1. The van der Waals surface area contributed by atoms with Crippen molar-refractivity contribution >= 4 is 46.1 Å². The van der Waals surface area contributed by atoms with Gasteiger partial charge in [-0.25, -0.2) is 9.98 Å².